The van der Waals surface area contributed by atoms with Crippen molar-refractivity contribution in [3.8, 4) is 0 Å². The van der Waals surface area contributed by atoms with Crippen LogP contribution in [0.25, 0.3) is 0 Å². The summed E-state index contributed by atoms with van der Waals surface area (Å²) in [6.07, 6.45) is 13.6. The van der Waals surface area contributed by atoms with Gasteiger partial charge in [0.15, 0.2) is 0 Å². The number of ketones is 1. The van der Waals surface area contributed by atoms with Gasteiger partial charge in [-0.2, -0.15) is 0 Å². The predicted molar refractivity (Wildman–Crippen MR) is 82.9 cm³/mol. The molecular formula is C19H24O3. The van der Waals surface area contributed by atoms with E-state index in [0.717, 1.165) is 32.1 Å². The maximum atomic E-state index is 12.6. The zero-order chi connectivity index (χ0) is 15.3. The van der Waals surface area contributed by atoms with Crippen molar-refractivity contribution in [1.29, 1.82) is 0 Å². The van der Waals surface area contributed by atoms with Gasteiger partial charge in [0.05, 0.1) is 17.9 Å². The summed E-state index contributed by atoms with van der Waals surface area (Å²) in [5.41, 5.74) is -0.184. The Kier molecular flexibility index (Phi) is 3.28. The van der Waals surface area contributed by atoms with E-state index in [2.05, 4.69) is 24.3 Å². The molecule has 0 saturated heterocycles. The van der Waals surface area contributed by atoms with Crippen LogP contribution in [0.15, 0.2) is 24.3 Å². The lowest BCUT2D eigenvalue weighted by Crippen LogP contribution is -2.53. The van der Waals surface area contributed by atoms with Gasteiger partial charge >= 0.3 is 5.97 Å². The van der Waals surface area contributed by atoms with E-state index < -0.39 is 0 Å². The highest BCUT2D eigenvalue weighted by Gasteiger charge is 2.56. The molecule has 0 amide bonds. The van der Waals surface area contributed by atoms with Gasteiger partial charge in [-0.15, -0.1) is 0 Å². The number of carbonyl (C=O) groups is 2. The summed E-state index contributed by atoms with van der Waals surface area (Å²) in [6.45, 7) is 2.30. The fraction of sp³-hybridized carbons (Fsp3) is 0.684. The summed E-state index contributed by atoms with van der Waals surface area (Å²) in [7, 11) is 0. The summed E-state index contributed by atoms with van der Waals surface area (Å²) in [5, 5.41) is 0. The topological polar surface area (TPSA) is 43.4 Å². The first-order chi connectivity index (χ1) is 10.6. The van der Waals surface area contributed by atoms with E-state index in [1.54, 1.807) is 0 Å². The SMILES string of the molecule is CCOC(=O)[C@@H]1C=C[C@@H]2C3CC4C=CC3(CC[C@H]2C1)C(=O)C4. The standard InChI is InChI=1S/C19H24O3/c1-2-22-18(21)14-3-4-15-13(11-14)6-8-19-7-5-12(9-16(15)19)10-17(19)20/h3-5,7,12-16H,2,6,8-11H2,1H3/t12?,13-,14+,15-,16?,19?/m0/s1. The van der Waals surface area contributed by atoms with Crippen LogP contribution in [0.1, 0.15) is 39.0 Å². The second kappa shape index (κ2) is 5.07. The molecule has 1 spiro atoms. The molecule has 2 fully saturated rings. The van der Waals surface area contributed by atoms with E-state index in [4.69, 9.17) is 4.74 Å². The van der Waals surface area contributed by atoms with E-state index >= 15 is 0 Å². The minimum Gasteiger partial charge on any atom is -0.466 e. The highest BCUT2D eigenvalue weighted by Crippen LogP contribution is 2.59. The highest BCUT2D eigenvalue weighted by molar-refractivity contribution is 5.90. The van der Waals surface area contributed by atoms with Gasteiger partial charge in [-0.1, -0.05) is 24.3 Å². The number of ether oxygens (including phenoxy) is 1. The van der Waals surface area contributed by atoms with Crippen molar-refractivity contribution < 1.29 is 14.3 Å². The summed E-state index contributed by atoms with van der Waals surface area (Å²) >= 11 is 0. The van der Waals surface area contributed by atoms with Crippen molar-refractivity contribution in [2.24, 2.45) is 35.0 Å². The molecule has 2 bridgehead atoms. The van der Waals surface area contributed by atoms with Crippen molar-refractivity contribution in [3.05, 3.63) is 24.3 Å². The van der Waals surface area contributed by atoms with Crippen molar-refractivity contribution in [2.75, 3.05) is 6.61 Å². The molecular weight excluding hydrogens is 276 g/mol. The zero-order valence-electron chi connectivity index (χ0n) is 13.2. The fourth-order valence-corrected chi connectivity index (χ4v) is 5.44. The lowest BCUT2D eigenvalue weighted by molar-refractivity contribution is -0.149. The third-order valence-corrected chi connectivity index (χ3v) is 6.50. The van der Waals surface area contributed by atoms with Crippen LogP contribution >= 0.6 is 0 Å². The van der Waals surface area contributed by atoms with Crippen LogP contribution in [-0.4, -0.2) is 18.4 Å². The van der Waals surface area contributed by atoms with Crippen molar-refractivity contribution in [1.82, 2.24) is 0 Å². The Labute approximate surface area is 131 Å². The second-order valence-electron chi connectivity index (χ2n) is 7.48. The first kappa shape index (κ1) is 14.2. The first-order valence-electron chi connectivity index (χ1n) is 8.71. The predicted octanol–water partition coefficient (Wildman–Crippen LogP) is 3.30. The molecule has 0 N–H and O–H groups in total. The molecule has 5 aliphatic rings. The molecule has 2 saturated carbocycles. The Morgan fingerprint density at radius 1 is 1.32 bits per heavy atom. The van der Waals surface area contributed by atoms with Gasteiger partial charge in [-0.25, -0.2) is 0 Å². The molecule has 0 aromatic heterocycles. The quantitative estimate of drug-likeness (QED) is 0.580. The van der Waals surface area contributed by atoms with Gasteiger partial charge in [0.1, 0.15) is 5.78 Å². The number of hydrogen-bond donors (Lipinski definition) is 0. The first-order valence-corrected chi connectivity index (χ1v) is 8.71. The van der Waals surface area contributed by atoms with Crippen LogP contribution < -0.4 is 0 Å². The number of allylic oxidation sites excluding steroid dienone is 3. The molecule has 0 aromatic rings. The molecule has 0 aliphatic heterocycles. The molecule has 0 radical (unpaired) electrons. The van der Waals surface area contributed by atoms with Gasteiger partial charge in [-0.3, -0.25) is 9.59 Å². The molecule has 22 heavy (non-hydrogen) atoms. The number of carbonyl (C=O) groups excluding carboxylic acids is 2. The maximum absolute atomic E-state index is 12.6. The van der Waals surface area contributed by atoms with Crippen LogP contribution in [0.2, 0.25) is 0 Å². The van der Waals surface area contributed by atoms with Crippen LogP contribution in [0.5, 0.6) is 0 Å². The van der Waals surface area contributed by atoms with Crippen molar-refractivity contribution in [2.45, 2.75) is 39.0 Å². The molecule has 3 unspecified atom stereocenters. The third kappa shape index (κ3) is 1.94. The van der Waals surface area contributed by atoms with E-state index in [0.29, 0.717) is 36.1 Å². The van der Waals surface area contributed by atoms with Crippen LogP contribution in [0.3, 0.4) is 0 Å². The van der Waals surface area contributed by atoms with Gasteiger partial charge in [-0.05, 0) is 56.3 Å². The number of Topliss-reactive ketones (excluding diaryl/α,β-unsaturated/α-hetero) is 1. The Hall–Kier alpha value is -1.38. The molecule has 0 heterocycles. The average Bonchev–Trinajstić information content (AvgIpc) is 2.54. The van der Waals surface area contributed by atoms with Crippen molar-refractivity contribution >= 4 is 11.8 Å². The Morgan fingerprint density at radius 3 is 2.95 bits per heavy atom. The van der Waals surface area contributed by atoms with Gasteiger partial charge < -0.3 is 4.74 Å². The smallest absolute Gasteiger partial charge is 0.312 e. The summed E-state index contributed by atoms with van der Waals surface area (Å²) < 4.78 is 5.18. The lowest BCUT2D eigenvalue weighted by atomic mass is 9.47. The molecule has 6 atom stereocenters. The van der Waals surface area contributed by atoms with Gasteiger partial charge in [0, 0.05) is 6.42 Å². The summed E-state index contributed by atoms with van der Waals surface area (Å²) in [5.74, 6) is 2.22. The molecule has 3 heteroatoms. The van der Waals surface area contributed by atoms with Crippen LogP contribution in [0, 0.1) is 35.0 Å². The molecule has 5 rings (SSSR count). The zero-order valence-corrected chi connectivity index (χ0v) is 13.2. The largest absolute Gasteiger partial charge is 0.466 e. The fourth-order valence-electron chi connectivity index (χ4n) is 5.44. The average molecular weight is 300 g/mol. The molecule has 0 aromatic carbocycles. The Morgan fingerprint density at radius 2 is 2.18 bits per heavy atom. The number of fused-ring (bicyclic) bond motifs is 2. The van der Waals surface area contributed by atoms with Crippen LogP contribution in [-0.2, 0) is 14.3 Å². The minimum atomic E-state index is -0.184. The molecule has 3 nitrogen and oxygen atoms in total. The monoisotopic (exact) mass is 300 g/mol. The highest BCUT2D eigenvalue weighted by atomic mass is 16.5. The normalized spacial score (nSPS) is 45.3. The van der Waals surface area contributed by atoms with E-state index in [1.165, 1.54) is 0 Å². The number of hydrogen-bond acceptors (Lipinski definition) is 3. The number of esters is 1. The third-order valence-electron chi connectivity index (χ3n) is 6.50. The van der Waals surface area contributed by atoms with Gasteiger partial charge in [0.25, 0.3) is 0 Å². The molecule has 118 valence electrons. The van der Waals surface area contributed by atoms with Crippen LogP contribution in [0.4, 0.5) is 0 Å². The Bertz CT molecular complexity index is 561. The summed E-state index contributed by atoms with van der Waals surface area (Å²) in [4.78, 5) is 24.6. The Balaban J connectivity index is 1.60. The number of rotatable bonds is 2. The lowest BCUT2D eigenvalue weighted by Gasteiger charge is -2.55. The van der Waals surface area contributed by atoms with E-state index in [-0.39, 0.29) is 17.3 Å². The maximum Gasteiger partial charge on any atom is 0.312 e. The van der Waals surface area contributed by atoms with E-state index in [1.807, 2.05) is 6.92 Å². The summed E-state index contributed by atoms with van der Waals surface area (Å²) in [6, 6.07) is 0. The molecule has 5 aliphatic carbocycles. The minimum absolute atomic E-state index is 0.0812. The van der Waals surface area contributed by atoms with Gasteiger partial charge in [0.2, 0.25) is 0 Å². The van der Waals surface area contributed by atoms with E-state index in [9.17, 15) is 9.59 Å². The second-order valence-corrected chi connectivity index (χ2v) is 7.48. The van der Waals surface area contributed by atoms with Crippen molar-refractivity contribution in [3.63, 3.8) is 0 Å².